The molecule has 0 saturated heterocycles. The van der Waals surface area contributed by atoms with Crippen molar-refractivity contribution in [3.05, 3.63) is 29.8 Å². The van der Waals surface area contributed by atoms with Gasteiger partial charge >= 0.3 is 0 Å². The highest BCUT2D eigenvalue weighted by Gasteiger charge is 2.31. The Hall–Kier alpha value is -0.760. The fraction of sp³-hybridized carbons (Fsp3) is 0.364. The molecule has 0 spiro atoms. The summed E-state index contributed by atoms with van der Waals surface area (Å²) < 4.78 is 0. The molecule has 0 amide bonds. The molecule has 1 saturated carbocycles. The van der Waals surface area contributed by atoms with Crippen LogP contribution in [0.3, 0.4) is 0 Å². The van der Waals surface area contributed by atoms with Crippen molar-refractivity contribution in [3.8, 4) is 0 Å². The molecule has 1 aromatic carbocycles. The van der Waals surface area contributed by atoms with Crippen LogP contribution in [-0.2, 0) is 0 Å². The first-order chi connectivity index (χ1) is 6.33. The SMILES string of the molecule is CSc1ccccc1C(=O)C1CC1. The van der Waals surface area contributed by atoms with Gasteiger partial charge in [-0.25, -0.2) is 0 Å². The fourth-order valence-corrected chi connectivity index (χ4v) is 2.02. The summed E-state index contributed by atoms with van der Waals surface area (Å²) in [4.78, 5) is 12.9. The first-order valence-electron chi connectivity index (χ1n) is 4.50. The zero-order valence-electron chi connectivity index (χ0n) is 7.62. The van der Waals surface area contributed by atoms with Crippen LogP contribution < -0.4 is 0 Å². The molecule has 0 unspecified atom stereocenters. The second-order valence-electron chi connectivity index (χ2n) is 3.34. The Kier molecular flexibility index (Phi) is 2.40. The number of benzene rings is 1. The molecule has 1 fully saturated rings. The number of carbonyl (C=O) groups is 1. The molecular formula is C11H12OS. The average molecular weight is 192 g/mol. The largest absolute Gasteiger partial charge is 0.294 e. The highest BCUT2D eigenvalue weighted by atomic mass is 32.2. The smallest absolute Gasteiger partial charge is 0.167 e. The van der Waals surface area contributed by atoms with Crippen LogP contribution in [0.5, 0.6) is 0 Å². The molecule has 0 aliphatic heterocycles. The maximum Gasteiger partial charge on any atom is 0.167 e. The number of thioether (sulfide) groups is 1. The Bertz CT molecular complexity index is 329. The van der Waals surface area contributed by atoms with Crippen molar-refractivity contribution in [2.45, 2.75) is 17.7 Å². The Morgan fingerprint density at radius 3 is 2.69 bits per heavy atom. The van der Waals surface area contributed by atoms with Gasteiger partial charge in [-0.2, -0.15) is 0 Å². The van der Waals surface area contributed by atoms with Gasteiger partial charge in [0.05, 0.1) is 0 Å². The summed E-state index contributed by atoms with van der Waals surface area (Å²) in [6, 6.07) is 7.87. The standard InChI is InChI=1S/C11H12OS/c1-13-10-5-3-2-4-9(10)11(12)8-6-7-8/h2-5,8H,6-7H2,1H3. The monoisotopic (exact) mass is 192 g/mol. The highest BCUT2D eigenvalue weighted by molar-refractivity contribution is 7.98. The van der Waals surface area contributed by atoms with E-state index in [9.17, 15) is 4.79 Å². The fourth-order valence-electron chi connectivity index (χ4n) is 1.41. The highest BCUT2D eigenvalue weighted by Crippen LogP contribution is 2.34. The summed E-state index contributed by atoms with van der Waals surface area (Å²) in [6.45, 7) is 0. The Morgan fingerprint density at radius 1 is 1.38 bits per heavy atom. The van der Waals surface area contributed by atoms with Gasteiger partial charge in [-0.1, -0.05) is 18.2 Å². The van der Waals surface area contributed by atoms with E-state index in [0.29, 0.717) is 11.7 Å². The number of Topliss-reactive ketones (excluding diaryl/α,β-unsaturated/α-hetero) is 1. The van der Waals surface area contributed by atoms with Crippen LogP contribution in [0.2, 0.25) is 0 Å². The van der Waals surface area contributed by atoms with E-state index in [2.05, 4.69) is 0 Å². The van der Waals surface area contributed by atoms with Crippen molar-refractivity contribution in [1.82, 2.24) is 0 Å². The maximum atomic E-state index is 11.8. The summed E-state index contributed by atoms with van der Waals surface area (Å²) in [5.41, 5.74) is 0.914. The van der Waals surface area contributed by atoms with Crippen LogP contribution in [-0.4, -0.2) is 12.0 Å². The van der Waals surface area contributed by atoms with E-state index < -0.39 is 0 Å². The maximum absolute atomic E-state index is 11.8. The quantitative estimate of drug-likeness (QED) is 0.541. The number of hydrogen-bond donors (Lipinski definition) is 0. The minimum atomic E-state index is 0.327. The molecule has 1 aliphatic rings. The normalized spacial score (nSPS) is 15.8. The molecular weight excluding hydrogens is 180 g/mol. The Balaban J connectivity index is 2.31. The predicted molar refractivity (Wildman–Crippen MR) is 55.3 cm³/mol. The first kappa shape index (κ1) is 8.82. The molecule has 0 N–H and O–H groups in total. The van der Waals surface area contributed by atoms with E-state index in [1.54, 1.807) is 11.8 Å². The van der Waals surface area contributed by atoms with Crippen LogP contribution in [0.25, 0.3) is 0 Å². The third-order valence-electron chi connectivity index (χ3n) is 2.32. The average Bonchev–Trinajstić information content (AvgIpc) is 3.00. The lowest BCUT2D eigenvalue weighted by Crippen LogP contribution is -2.02. The predicted octanol–water partition coefficient (Wildman–Crippen LogP) is 3.00. The molecule has 1 aliphatic carbocycles. The zero-order valence-corrected chi connectivity index (χ0v) is 8.43. The molecule has 2 heteroatoms. The molecule has 1 aromatic rings. The van der Waals surface area contributed by atoms with Gasteiger partial charge in [-0.05, 0) is 25.2 Å². The molecule has 13 heavy (non-hydrogen) atoms. The molecule has 0 atom stereocenters. The summed E-state index contributed by atoms with van der Waals surface area (Å²) in [6.07, 6.45) is 4.18. The number of rotatable bonds is 3. The second-order valence-corrected chi connectivity index (χ2v) is 4.19. The van der Waals surface area contributed by atoms with Crippen molar-refractivity contribution in [2.75, 3.05) is 6.26 Å². The molecule has 0 aromatic heterocycles. The first-order valence-corrected chi connectivity index (χ1v) is 5.72. The molecule has 68 valence electrons. The van der Waals surface area contributed by atoms with E-state index in [1.165, 1.54) is 0 Å². The van der Waals surface area contributed by atoms with Gasteiger partial charge in [0.15, 0.2) is 5.78 Å². The second kappa shape index (κ2) is 3.54. The van der Waals surface area contributed by atoms with Crippen molar-refractivity contribution in [3.63, 3.8) is 0 Å². The van der Waals surface area contributed by atoms with Crippen LogP contribution in [0.1, 0.15) is 23.2 Å². The van der Waals surface area contributed by atoms with E-state index >= 15 is 0 Å². The third kappa shape index (κ3) is 1.78. The summed E-state index contributed by atoms with van der Waals surface area (Å²) in [7, 11) is 0. The summed E-state index contributed by atoms with van der Waals surface area (Å²) >= 11 is 1.65. The Morgan fingerprint density at radius 2 is 2.08 bits per heavy atom. The third-order valence-corrected chi connectivity index (χ3v) is 3.12. The van der Waals surface area contributed by atoms with Gasteiger partial charge in [0.2, 0.25) is 0 Å². The lowest BCUT2D eigenvalue weighted by atomic mass is 10.1. The van der Waals surface area contributed by atoms with Crippen LogP contribution >= 0.6 is 11.8 Å². The van der Waals surface area contributed by atoms with E-state index in [4.69, 9.17) is 0 Å². The van der Waals surface area contributed by atoms with Crippen molar-refractivity contribution in [2.24, 2.45) is 5.92 Å². The molecule has 0 bridgehead atoms. The lowest BCUT2D eigenvalue weighted by molar-refractivity contribution is 0.0965. The van der Waals surface area contributed by atoms with Crippen molar-refractivity contribution in [1.29, 1.82) is 0 Å². The van der Waals surface area contributed by atoms with Crippen LogP contribution in [0.15, 0.2) is 29.2 Å². The van der Waals surface area contributed by atoms with Crippen LogP contribution in [0, 0.1) is 5.92 Å². The van der Waals surface area contributed by atoms with Gasteiger partial charge in [-0.15, -0.1) is 11.8 Å². The van der Waals surface area contributed by atoms with Crippen molar-refractivity contribution < 1.29 is 4.79 Å². The van der Waals surface area contributed by atoms with Gasteiger partial charge in [-0.3, -0.25) is 4.79 Å². The van der Waals surface area contributed by atoms with Crippen LogP contribution in [0.4, 0.5) is 0 Å². The Labute approximate surface area is 82.5 Å². The topological polar surface area (TPSA) is 17.1 Å². The van der Waals surface area contributed by atoms with E-state index in [-0.39, 0.29) is 0 Å². The van der Waals surface area contributed by atoms with Gasteiger partial charge < -0.3 is 0 Å². The number of ketones is 1. The van der Waals surface area contributed by atoms with Gasteiger partial charge in [0.25, 0.3) is 0 Å². The van der Waals surface area contributed by atoms with E-state index in [0.717, 1.165) is 23.3 Å². The van der Waals surface area contributed by atoms with Gasteiger partial charge in [0, 0.05) is 16.4 Å². The molecule has 0 heterocycles. The van der Waals surface area contributed by atoms with Gasteiger partial charge in [0.1, 0.15) is 0 Å². The lowest BCUT2D eigenvalue weighted by Gasteiger charge is -2.04. The zero-order chi connectivity index (χ0) is 9.26. The number of hydrogen-bond acceptors (Lipinski definition) is 2. The summed E-state index contributed by atoms with van der Waals surface area (Å²) in [5.74, 6) is 0.665. The summed E-state index contributed by atoms with van der Waals surface area (Å²) in [5, 5.41) is 0. The minimum Gasteiger partial charge on any atom is -0.294 e. The molecule has 1 nitrogen and oxygen atoms in total. The number of carbonyl (C=O) groups excluding carboxylic acids is 1. The minimum absolute atomic E-state index is 0.327. The molecule has 0 radical (unpaired) electrons. The molecule has 2 rings (SSSR count). The van der Waals surface area contributed by atoms with Crippen molar-refractivity contribution >= 4 is 17.5 Å². The van der Waals surface area contributed by atoms with E-state index in [1.807, 2.05) is 30.5 Å².